The normalized spacial score (nSPS) is 19.0. The number of hydrogen-bond acceptors (Lipinski definition) is 6. The van der Waals surface area contributed by atoms with Gasteiger partial charge in [0.1, 0.15) is 5.82 Å². The zero-order valence-electron chi connectivity index (χ0n) is 17.7. The minimum atomic E-state index is -0.224. The lowest BCUT2D eigenvalue weighted by Gasteiger charge is -2.36. The number of pyridine rings is 2. The molecule has 2 atom stereocenters. The monoisotopic (exact) mass is 406 g/mol. The highest BCUT2D eigenvalue weighted by atomic mass is 16.5. The van der Waals surface area contributed by atoms with Crippen LogP contribution in [0.3, 0.4) is 0 Å². The first-order valence-electron chi connectivity index (χ1n) is 10.1. The van der Waals surface area contributed by atoms with Gasteiger partial charge in [-0.15, -0.1) is 0 Å². The molecule has 8 nitrogen and oxygen atoms in total. The van der Waals surface area contributed by atoms with Gasteiger partial charge in [-0.3, -0.25) is 4.79 Å². The molecule has 0 spiro atoms. The predicted molar refractivity (Wildman–Crippen MR) is 115 cm³/mol. The Hall–Kier alpha value is -3.26. The molecule has 0 unspecified atom stereocenters. The van der Waals surface area contributed by atoms with Gasteiger partial charge in [0.25, 0.3) is 5.91 Å². The fourth-order valence-electron chi connectivity index (χ4n) is 3.72. The Morgan fingerprint density at radius 2 is 1.73 bits per heavy atom. The van der Waals surface area contributed by atoms with E-state index in [-0.39, 0.29) is 18.1 Å². The summed E-state index contributed by atoms with van der Waals surface area (Å²) >= 11 is 0. The van der Waals surface area contributed by atoms with Crippen molar-refractivity contribution in [1.82, 2.24) is 19.7 Å². The van der Waals surface area contributed by atoms with Crippen LogP contribution in [0, 0.1) is 13.8 Å². The number of aromatic nitrogens is 4. The quantitative estimate of drug-likeness (QED) is 0.716. The Morgan fingerprint density at radius 3 is 2.30 bits per heavy atom. The van der Waals surface area contributed by atoms with Crippen LogP contribution in [-0.2, 0) is 4.74 Å². The summed E-state index contributed by atoms with van der Waals surface area (Å²) in [7, 11) is 0. The van der Waals surface area contributed by atoms with Crippen molar-refractivity contribution in [3.8, 4) is 5.82 Å². The van der Waals surface area contributed by atoms with Crippen LogP contribution in [0.1, 0.15) is 35.6 Å². The molecule has 0 aromatic carbocycles. The van der Waals surface area contributed by atoms with Crippen molar-refractivity contribution in [2.75, 3.05) is 23.3 Å². The van der Waals surface area contributed by atoms with E-state index in [2.05, 4.69) is 39.1 Å². The van der Waals surface area contributed by atoms with E-state index >= 15 is 0 Å². The molecule has 0 saturated carbocycles. The second kappa shape index (κ2) is 8.23. The number of amides is 1. The van der Waals surface area contributed by atoms with Gasteiger partial charge in [-0.2, -0.15) is 5.10 Å². The molecule has 1 saturated heterocycles. The van der Waals surface area contributed by atoms with E-state index in [9.17, 15) is 4.79 Å². The molecule has 0 bridgehead atoms. The van der Waals surface area contributed by atoms with Crippen LogP contribution in [-0.4, -0.2) is 51.0 Å². The Kier molecular flexibility index (Phi) is 5.50. The number of anilines is 2. The Labute approximate surface area is 175 Å². The summed E-state index contributed by atoms with van der Waals surface area (Å²) in [5.41, 5.74) is 3.05. The van der Waals surface area contributed by atoms with Gasteiger partial charge in [0.2, 0.25) is 0 Å². The van der Waals surface area contributed by atoms with E-state index in [1.54, 1.807) is 23.1 Å². The molecule has 8 heteroatoms. The predicted octanol–water partition coefficient (Wildman–Crippen LogP) is 3.15. The van der Waals surface area contributed by atoms with Crippen LogP contribution in [0.5, 0.6) is 0 Å². The number of rotatable bonds is 4. The molecule has 1 N–H and O–H groups in total. The van der Waals surface area contributed by atoms with Crippen molar-refractivity contribution in [3.05, 3.63) is 59.7 Å². The molecule has 3 aromatic heterocycles. The highest BCUT2D eigenvalue weighted by Crippen LogP contribution is 2.19. The van der Waals surface area contributed by atoms with Crippen molar-refractivity contribution >= 4 is 17.4 Å². The first-order chi connectivity index (χ1) is 14.4. The van der Waals surface area contributed by atoms with Gasteiger partial charge in [-0.25, -0.2) is 14.6 Å². The van der Waals surface area contributed by atoms with Crippen LogP contribution in [0.15, 0.2) is 42.7 Å². The van der Waals surface area contributed by atoms with Gasteiger partial charge in [-0.1, -0.05) is 0 Å². The molecule has 1 aliphatic heterocycles. The van der Waals surface area contributed by atoms with Crippen LogP contribution in [0.2, 0.25) is 0 Å². The third-order valence-electron chi connectivity index (χ3n) is 4.99. The maximum absolute atomic E-state index is 12.6. The molecule has 1 fully saturated rings. The molecule has 4 heterocycles. The lowest BCUT2D eigenvalue weighted by Crippen LogP contribution is -2.45. The number of morpholine rings is 1. The van der Waals surface area contributed by atoms with Crippen molar-refractivity contribution < 1.29 is 9.53 Å². The summed E-state index contributed by atoms with van der Waals surface area (Å²) in [4.78, 5) is 23.7. The number of aryl methyl sites for hydroxylation is 2. The highest BCUT2D eigenvalue weighted by Gasteiger charge is 2.23. The van der Waals surface area contributed by atoms with E-state index in [0.717, 1.165) is 30.3 Å². The lowest BCUT2D eigenvalue weighted by molar-refractivity contribution is -0.00546. The fourth-order valence-corrected chi connectivity index (χ4v) is 3.72. The van der Waals surface area contributed by atoms with Crippen LogP contribution >= 0.6 is 0 Å². The highest BCUT2D eigenvalue weighted by molar-refractivity contribution is 6.04. The zero-order chi connectivity index (χ0) is 21.3. The molecule has 3 aromatic rings. The zero-order valence-corrected chi connectivity index (χ0v) is 17.7. The SMILES string of the molecule is Cc1cc(C)n(-c2ccc(NC(=O)c3ccc(N4C[C@@H](C)O[C@H](C)C4)nc3)cn2)n1. The van der Waals surface area contributed by atoms with Gasteiger partial charge in [0.05, 0.1) is 35.3 Å². The van der Waals surface area contributed by atoms with E-state index < -0.39 is 0 Å². The van der Waals surface area contributed by atoms with E-state index in [4.69, 9.17) is 4.74 Å². The minimum absolute atomic E-state index is 0.156. The van der Waals surface area contributed by atoms with Gasteiger partial charge in [0.15, 0.2) is 5.82 Å². The van der Waals surface area contributed by atoms with Crippen molar-refractivity contribution in [2.24, 2.45) is 0 Å². The van der Waals surface area contributed by atoms with E-state index in [1.807, 2.05) is 38.1 Å². The molecule has 0 radical (unpaired) electrons. The van der Waals surface area contributed by atoms with Crippen molar-refractivity contribution in [1.29, 1.82) is 0 Å². The average molecular weight is 406 g/mol. The topological polar surface area (TPSA) is 85.2 Å². The number of carbonyl (C=O) groups is 1. The molecule has 1 aliphatic rings. The number of nitrogens with one attached hydrogen (secondary N) is 1. The third-order valence-corrected chi connectivity index (χ3v) is 4.99. The number of carbonyl (C=O) groups excluding carboxylic acids is 1. The van der Waals surface area contributed by atoms with Crippen molar-refractivity contribution in [3.63, 3.8) is 0 Å². The maximum Gasteiger partial charge on any atom is 0.257 e. The smallest absolute Gasteiger partial charge is 0.257 e. The van der Waals surface area contributed by atoms with Crippen molar-refractivity contribution in [2.45, 2.75) is 39.9 Å². The molecule has 156 valence electrons. The maximum atomic E-state index is 12.6. The Bertz CT molecular complexity index is 1020. The summed E-state index contributed by atoms with van der Waals surface area (Å²) in [5, 5.41) is 7.29. The summed E-state index contributed by atoms with van der Waals surface area (Å²) < 4.78 is 7.54. The number of hydrogen-bond donors (Lipinski definition) is 1. The van der Waals surface area contributed by atoms with E-state index in [0.29, 0.717) is 17.1 Å². The van der Waals surface area contributed by atoms with Gasteiger partial charge in [-0.05, 0) is 58.0 Å². The molecular weight excluding hydrogens is 380 g/mol. The second-order valence-corrected chi connectivity index (χ2v) is 7.77. The standard InChI is InChI=1S/C22H26N6O2/c1-14-9-15(2)28(26-14)21-8-6-19(11-24-21)25-22(29)18-5-7-20(23-10-18)27-12-16(3)30-17(4)13-27/h5-11,16-17H,12-13H2,1-4H3,(H,25,29)/t16-,17-/m1/s1. The third kappa shape index (κ3) is 4.33. The average Bonchev–Trinajstić information content (AvgIpc) is 3.06. The Balaban J connectivity index is 1.42. The van der Waals surface area contributed by atoms with Crippen LogP contribution in [0.4, 0.5) is 11.5 Å². The molecular formula is C22H26N6O2. The largest absolute Gasteiger partial charge is 0.372 e. The summed E-state index contributed by atoms with van der Waals surface area (Å²) in [5.74, 6) is 1.33. The van der Waals surface area contributed by atoms with Crippen LogP contribution in [0.25, 0.3) is 5.82 Å². The minimum Gasteiger partial charge on any atom is -0.372 e. The number of nitrogens with zero attached hydrogens (tertiary/aromatic N) is 5. The molecule has 30 heavy (non-hydrogen) atoms. The van der Waals surface area contributed by atoms with Gasteiger partial charge < -0.3 is 15.0 Å². The summed E-state index contributed by atoms with van der Waals surface area (Å²) in [6.07, 6.45) is 3.54. The second-order valence-electron chi connectivity index (χ2n) is 7.77. The van der Waals surface area contributed by atoms with Gasteiger partial charge >= 0.3 is 0 Å². The fraction of sp³-hybridized carbons (Fsp3) is 0.364. The first kappa shape index (κ1) is 20.0. The number of ether oxygens (including phenoxy) is 1. The first-order valence-corrected chi connectivity index (χ1v) is 10.1. The summed E-state index contributed by atoms with van der Waals surface area (Å²) in [6, 6.07) is 9.31. The summed E-state index contributed by atoms with van der Waals surface area (Å²) in [6.45, 7) is 9.60. The van der Waals surface area contributed by atoms with Gasteiger partial charge in [0, 0.05) is 25.0 Å². The molecule has 0 aliphatic carbocycles. The lowest BCUT2D eigenvalue weighted by atomic mass is 10.2. The van der Waals surface area contributed by atoms with Crippen LogP contribution < -0.4 is 10.2 Å². The molecule has 4 rings (SSSR count). The van der Waals surface area contributed by atoms with E-state index in [1.165, 1.54) is 0 Å². The Morgan fingerprint density at radius 1 is 1.03 bits per heavy atom. The molecule has 1 amide bonds.